The van der Waals surface area contributed by atoms with Crippen LogP contribution in [0.2, 0.25) is 0 Å². The van der Waals surface area contributed by atoms with E-state index in [4.69, 9.17) is 14.2 Å². The molecule has 118 valence electrons. The third-order valence-corrected chi connectivity index (χ3v) is 4.47. The van der Waals surface area contributed by atoms with Gasteiger partial charge in [0.15, 0.2) is 0 Å². The molecular weight excluding hydrogens is 266 g/mol. The van der Waals surface area contributed by atoms with Crippen molar-refractivity contribution in [1.82, 2.24) is 5.32 Å². The molecule has 2 rings (SSSR count). The van der Waals surface area contributed by atoms with Crippen LogP contribution in [0.3, 0.4) is 0 Å². The zero-order chi connectivity index (χ0) is 15.3. The van der Waals surface area contributed by atoms with E-state index in [1.807, 2.05) is 12.1 Å². The van der Waals surface area contributed by atoms with Gasteiger partial charge in [-0.2, -0.15) is 0 Å². The molecule has 0 aliphatic heterocycles. The van der Waals surface area contributed by atoms with Crippen LogP contribution in [0.15, 0.2) is 12.1 Å². The zero-order valence-corrected chi connectivity index (χ0v) is 13.6. The van der Waals surface area contributed by atoms with Crippen LogP contribution in [0.4, 0.5) is 0 Å². The molecule has 0 aromatic heterocycles. The lowest BCUT2D eigenvalue weighted by atomic mass is 9.83. The minimum absolute atomic E-state index is 0.216. The quantitative estimate of drug-likeness (QED) is 0.871. The number of benzene rings is 1. The molecule has 1 fully saturated rings. The number of hydrogen-bond acceptors (Lipinski definition) is 4. The Balaban J connectivity index is 2.17. The predicted octanol–water partition coefficient (Wildman–Crippen LogP) is 3.52. The van der Waals surface area contributed by atoms with Crippen LogP contribution < -0.4 is 19.5 Å². The molecule has 1 aliphatic rings. The molecule has 4 heteroatoms. The Morgan fingerprint density at radius 3 is 2.00 bits per heavy atom. The zero-order valence-electron chi connectivity index (χ0n) is 13.6. The van der Waals surface area contributed by atoms with E-state index in [-0.39, 0.29) is 5.54 Å². The molecule has 0 amide bonds. The van der Waals surface area contributed by atoms with Gasteiger partial charge < -0.3 is 19.5 Å². The molecule has 0 atom stereocenters. The SMILES string of the molecule is COc1cc(OC)c(CNC2(C)CCCCC2)c(OC)c1. The summed E-state index contributed by atoms with van der Waals surface area (Å²) < 4.78 is 16.3. The maximum atomic E-state index is 5.50. The topological polar surface area (TPSA) is 39.7 Å². The van der Waals surface area contributed by atoms with Gasteiger partial charge in [0.25, 0.3) is 0 Å². The van der Waals surface area contributed by atoms with Crippen molar-refractivity contribution in [2.45, 2.75) is 51.1 Å². The van der Waals surface area contributed by atoms with Gasteiger partial charge >= 0.3 is 0 Å². The second kappa shape index (κ2) is 7.03. The Labute approximate surface area is 127 Å². The summed E-state index contributed by atoms with van der Waals surface area (Å²) in [5.74, 6) is 2.35. The van der Waals surface area contributed by atoms with Crippen molar-refractivity contribution in [2.75, 3.05) is 21.3 Å². The first-order valence-electron chi connectivity index (χ1n) is 7.66. The molecular formula is C17H27NO3. The van der Waals surface area contributed by atoms with Crippen LogP contribution in [0, 0.1) is 0 Å². The first kappa shape index (κ1) is 16.0. The Kier molecular flexibility index (Phi) is 5.34. The highest BCUT2D eigenvalue weighted by atomic mass is 16.5. The van der Waals surface area contributed by atoms with Gasteiger partial charge in [-0.05, 0) is 19.8 Å². The van der Waals surface area contributed by atoms with Gasteiger partial charge in [0.1, 0.15) is 17.2 Å². The first-order chi connectivity index (χ1) is 10.1. The molecule has 0 saturated heterocycles. The van der Waals surface area contributed by atoms with Crippen LogP contribution in [0.1, 0.15) is 44.6 Å². The molecule has 1 aromatic carbocycles. The van der Waals surface area contributed by atoms with Crippen LogP contribution in [-0.4, -0.2) is 26.9 Å². The Hall–Kier alpha value is -1.42. The van der Waals surface area contributed by atoms with Crippen LogP contribution in [-0.2, 0) is 6.54 Å². The third-order valence-electron chi connectivity index (χ3n) is 4.47. The summed E-state index contributed by atoms with van der Waals surface area (Å²) in [6.07, 6.45) is 6.43. The molecule has 0 bridgehead atoms. The minimum atomic E-state index is 0.216. The van der Waals surface area contributed by atoms with E-state index in [0.717, 1.165) is 29.4 Å². The molecule has 0 spiro atoms. The summed E-state index contributed by atoms with van der Waals surface area (Å²) in [7, 11) is 5.01. The van der Waals surface area contributed by atoms with Gasteiger partial charge in [-0.15, -0.1) is 0 Å². The van der Waals surface area contributed by atoms with E-state index in [0.29, 0.717) is 0 Å². The van der Waals surface area contributed by atoms with E-state index >= 15 is 0 Å². The second-order valence-corrected chi connectivity index (χ2v) is 5.99. The van der Waals surface area contributed by atoms with Crippen molar-refractivity contribution in [1.29, 1.82) is 0 Å². The van der Waals surface area contributed by atoms with E-state index in [1.165, 1.54) is 32.1 Å². The summed E-state index contributed by atoms with van der Waals surface area (Å²) in [6, 6.07) is 3.81. The highest BCUT2D eigenvalue weighted by Crippen LogP contribution is 2.35. The van der Waals surface area contributed by atoms with Gasteiger partial charge in [-0.1, -0.05) is 19.3 Å². The average molecular weight is 293 g/mol. The summed E-state index contributed by atoms with van der Waals surface area (Å²) in [6.45, 7) is 3.06. The van der Waals surface area contributed by atoms with Crippen molar-refractivity contribution in [3.63, 3.8) is 0 Å². The number of methoxy groups -OCH3 is 3. The maximum absolute atomic E-state index is 5.50. The molecule has 1 N–H and O–H groups in total. The maximum Gasteiger partial charge on any atom is 0.130 e. The minimum Gasteiger partial charge on any atom is -0.496 e. The van der Waals surface area contributed by atoms with Gasteiger partial charge in [0, 0.05) is 24.2 Å². The molecule has 4 nitrogen and oxygen atoms in total. The van der Waals surface area contributed by atoms with Gasteiger partial charge in [-0.25, -0.2) is 0 Å². The molecule has 0 radical (unpaired) electrons. The Morgan fingerprint density at radius 1 is 0.952 bits per heavy atom. The van der Waals surface area contributed by atoms with Crippen LogP contribution >= 0.6 is 0 Å². The molecule has 1 aliphatic carbocycles. The van der Waals surface area contributed by atoms with E-state index in [1.54, 1.807) is 21.3 Å². The number of rotatable bonds is 6. The number of nitrogens with one attached hydrogen (secondary N) is 1. The van der Waals surface area contributed by atoms with Crippen molar-refractivity contribution < 1.29 is 14.2 Å². The fourth-order valence-electron chi connectivity index (χ4n) is 3.06. The lowest BCUT2D eigenvalue weighted by Crippen LogP contribution is -2.43. The molecule has 0 heterocycles. The summed E-state index contributed by atoms with van der Waals surface area (Å²) in [5.41, 5.74) is 1.27. The fraction of sp³-hybridized carbons (Fsp3) is 0.647. The lowest BCUT2D eigenvalue weighted by molar-refractivity contribution is 0.249. The third kappa shape index (κ3) is 3.82. The van der Waals surface area contributed by atoms with Crippen LogP contribution in [0.25, 0.3) is 0 Å². The van der Waals surface area contributed by atoms with Gasteiger partial charge in [0.05, 0.1) is 26.9 Å². The largest absolute Gasteiger partial charge is 0.496 e. The molecule has 0 unspecified atom stereocenters. The monoisotopic (exact) mass is 293 g/mol. The van der Waals surface area contributed by atoms with E-state index in [9.17, 15) is 0 Å². The van der Waals surface area contributed by atoms with E-state index < -0.39 is 0 Å². The van der Waals surface area contributed by atoms with E-state index in [2.05, 4.69) is 12.2 Å². The van der Waals surface area contributed by atoms with Gasteiger partial charge in [0.2, 0.25) is 0 Å². The highest BCUT2D eigenvalue weighted by Gasteiger charge is 2.27. The standard InChI is InChI=1S/C17H27NO3/c1-17(8-6-5-7-9-17)18-12-14-15(20-3)10-13(19-2)11-16(14)21-4/h10-11,18H,5-9,12H2,1-4H3. The molecule has 1 saturated carbocycles. The first-order valence-corrected chi connectivity index (χ1v) is 7.66. The number of hydrogen-bond donors (Lipinski definition) is 1. The van der Waals surface area contributed by atoms with Crippen LogP contribution in [0.5, 0.6) is 17.2 Å². The fourth-order valence-corrected chi connectivity index (χ4v) is 3.06. The average Bonchev–Trinajstić information content (AvgIpc) is 2.52. The van der Waals surface area contributed by atoms with Crippen molar-refractivity contribution in [2.24, 2.45) is 0 Å². The number of ether oxygens (including phenoxy) is 3. The van der Waals surface area contributed by atoms with Crippen molar-refractivity contribution >= 4 is 0 Å². The Morgan fingerprint density at radius 2 is 1.52 bits per heavy atom. The van der Waals surface area contributed by atoms with Crippen molar-refractivity contribution in [3.8, 4) is 17.2 Å². The smallest absolute Gasteiger partial charge is 0.130 e. The summed E-state index contributed by atoms with van der Waals surface area (Å²) in [4.78, 5) is 0. The van der Waals surface area contributed by atoms with Gasteiger partial charge in [-0.3, -0.25) is 0 Å². The van der Waals surface area contributed by atoms with Crippen molar-refractivity contribution in [3.05, 3.63) is 17.7 Å². The second-order valence-electron chi connectivity index (χ2n) is 5.99. The summed E-state index contributed by atoms with van der Waals surface area (Å²) in [5, 5.41) is 3.70. The molecule has 21 heavy (non-hydrogen) atoms. The molecule has 1 aromatic rings. The lowest BCUT2D eigenvalue weighted by Gasteiger charge is -2.35. The summed E-state index contributed by atoms with van der Waals surface area (Å²) >= 11 is 0. The predicted molar refractivity (Wildman–Crippen MR) is 84.4 cm³/mol. The highest BCUT2D eigenvalue weighted by molar-refractivity contribution is 5.50. The normalized spacial score (nSPS) is 17.3. The Bertz CT molecular complexity index is 442.